The lowest BCUT2D eigenvalue weighted by atomic mass is 10.1. The van der Waals surface area contributed by atoms with E-state index in [1.165, 1.54) is 13.0 Å². The summed E-state index contributed by atoms with van der Waals surface area (Å²) in [5.41, 5.74) is 10.4. The zero-order valence-electron chi connectivity index (χ0n) is 10.3. The number of esters is 1. The summed E-state index contributed by atoms with van der Waals surface area (Å²) < 4.78 is 4.73. The Morgan fingerprint density at radius 1 is 1.44 bits per heavy atom. The van der Waals surface area contributed by atoms with Crippen molar-refractivity contribution in [3.8, 4) is 0 Å². The SMILES string of the molecule is C=CCOC(=O)CC[C@H](NC(=O)[C@H](C)N)C(N)=O. The summed E-state index contributed by atoms with van der Waals surface area (Å²) in [4.78, 5) is 33.6. The summed E-state index contributed by atoms with van der Waals surface area (Å²) >= 11 is 0. The van der Waals surface area contributed by atoms with E-state index in [9.17, 15) is 14.4 Å². The number of carbonyl (C=O) groups is 3. The molecule has 0 fully saturated rings. The molecule has 0 saturated heterocycles. The zero-order chi connectivity index (χ0) is 14.1. The lowest BCUT2D eigenvalue weighted by Gasteiger charge is -2.16. The molecule has 0 aromatic carbocycles. The van der Waals surface area contributed by atoms with Gasteiger partial charge in [0.1, 0.15) is 12.6 Å². The van der Waals surface area contributed by atoms with Crippen LogP contribution in [0.2, 0.25) is 0 Å². The van der Waals surface area contributed by atoms with Crippen LogP contribution in [0.25, 0.3) is 0 Å². The molecule has 0 aromatic rings. The van der Waals surface area contributed by atoms with Gasteiger partial charge in [0.15, 0.2) is 0 Å². The third-order valence-electron chi connectivity index (χ3n) is 2.07. The number of nitrogens with one attached hydrogen (secondary N) is 1. The molecule has 2 amide bonds. The van der Waals surface area contributed by atoms with Gasteiger partial charge in [0, 0.05) is 6.42 Å². The van der Waals surface area contributed by atoms with E-state index in [0.29, 0.717) is 0 Å². The fraction of sp³-hybridized carbons (Fsp3) is 0.545. The number of carbonyl (C=O) groups excluding carboxylic acids is 3. The van der Waals surface area contributed by atoms with Crippen molar-refractivity contribution in [2.24, 2.45) is 11.5 Å². The van der Waals surface area contributed by atoms with Crippen LogP contribution in [-0.4, -0.2) is 36.5 Å². The number of amides is 2. The average Bonchev–Trinajstić information content (AvgIpc) is 2.30. The predicted octanol–water partition coefficient (Wildman–Crippen LogP) is -1.19. The topological polar surface area (TPSA) is 125 Å². The number of nitrogens with two attached hydrogens (primary N) is 2. The van der Waals surface area contributed by atoms with Crippen molar-refractivity contribution in [2.45, 2.75) is 31.8 Å². The molecule has 7 nitrogen and oxygen atoms in total. The molecule has 18 heavy (non-hydrogen) atoms. The minimum Gasteiger partial charge on any atom is -0.461 e. The van der Waals surface area contributed by atoms with Crippen LogP contribution >= 0.6 is 0 Å². The van der Waals surface area contributed by atoms with E-state index in [0.717, 1.165) is 0 Å². The molecule has 0 unspecified atom stereocenters. The van der Waals surface area contributed by atoms with Crippen LogP contribution in [0.1, 0.15) is 19.8 Å². The van der Waals surface area contributed by atoms with Crippen molar-refractivity contribution < 1.29 is 19.1 Å². The second kappa shape index (κ2) is 8.24. The average molecular weight is 257 g/mol. The van der Waals surface area contributed by atoms with E-state index in [4.69, 9.17) is 16.2 Å². The molecular weight excluding hydrogens is 238 g/mol. The summed E-state index contributed by atoms with van der Waals surface area (Å²) in [7, 11) is 0. The molecule has 0 rings (SSSR count). The Balaban J connectivity index is 4.21. The fourth-order valence-corrected chi connectivity index (χ4v) is 1.07. The first-order chi connectivity index (χ1) is 8.38. The maximum absolute atomic E-state index is 11.3. The van der Waals surface area contributed by atoms with Gasteiger partial charge in [-0.15, -0.1) is 0 Å². The Kier molecular flexibility index (Phi) is 7.37. The number of hydrogen-bond acceptors (Lipinski definition) is 5. The molecule has 5 N–H and O–H groups in total. The lowest BCUT2D eigenvalue weighted by Crippen LogP contribution is -2.49. The second-order valence-corrected chi connectivity index (χ2v) is 3.76. The highest BCUT2D eigenvalue weighted by Crippen LogP contribution is 2.00. The number of rotatable bonds is 8. The van der Waals surface area contributed by atoms with E-state index >= 15 is 0 Å². The largest absolute Gasteiger partial charge is 0.461 e. The van der Waals surface area contributed by atoms with Crippen LogP contribution in [0.5, 0.6) is 0 Å². The van der Waals surface area contributed by atoms with Crippen LogP contribution in [0.4, 0.5) is 0 Å². The molecule has 0 bridgehead atoms. The minimum absolute atomic E-state index is 0.0271. The van der Waals surface area contributed by atoms with E-state index in [1.54, 1.807) is 0 Å². The molecule has 0 aromatic heterocycles. The first kappa shape index (κ1) is 16.1. The van der Waals surface area contributed by atoms with Crippen LogP contribution in [0.3, 0.4) is 0 Å². The first-order valence-corrected chi connectivity index (χ1v) is 5.50. The molecule has 0 radical (unpaired) electrons. The van der Waals surface area contributed by atoms with Crippen LogP contribution < -0.4 is 16.8 Å². The summed E-state index contributed by atoms with van der Waals surface area (Å²) in [5.74, 6) is -1.71. The standard InChI is InChI=1S/C11H19N3O4/c1-3-6-18-9(15)5-4-8(10(13)16)14-11(17)7(2)12/h3,7-8H,1,4-6,12H2,2H3,(H2,13,16)(H,14,17)/t7-,8-/m0/s1. The summed E-state index contributed by atoms with van der Waals surface area (Å²) in [6, 6.07) is -1.68. The summed E-state index contributed by atoms with van der Waals surface area (Å²) in [6.07, 6.45) is 1.48. The van der Waals surface area contributed by atoms with E-state index in [1.807, 2.05) is 0 Å². The second-order valence-electron chi connectivity index (χ2n) is 3.76. The quantitative estimate of drug-likeness (QED) is 0.372. The van der Waals surface area contributed by atoms with Gasteiger partial charge in [0.2, 0.25) is 11.8 Å². The molecule has 2 atom stereocenters. The molecule has 102 valence electrons. The molecular formula is C11H19N3O4. The van der Waals surface area contributed by atoms with Gasteiger partial charge in [-0.05, 0) is 13.3 Å². The summed E-state index contributed by atoms with van der Waals surface area (Å²) in [5, 5.41) is 2.36. The highest BCUT2D eigenvalue weighted by atomic mass is 16.5. The van der Waals surface area contributed by atoms with Crippen molar-refractivity contribution in [1.82, 2.24) is 5.32 Å². The lowest BCUT2D eigenvalue weighted by molar-refractivity contribution is -0.143. The Labute approximate surface area is 106 Å². The Morgan fingerprint density at radius 3 is 2.50 bits per heavy atom. The predicted molar refractivity (Wildman–Crippen MR) is 65.2 cm³/mol. The van der Waals surface area contributed by atoms with Crippen molar-refractivity contribution in [2.75, 3.05) is 6.61 Å². The van der Waals surface area contributed by atoms with Crippen LogP contribution in [-0.2, 0) is 19.1 Å². The Morgan fingerprint density at radius 2 is 2.06 bits per heavy atom. The molecule has 0 heterocycles. The van der Waals surface area contributed by atoms with E-state index in [-0.39, 0.29) is 19.4 Å². The molecule has 0 saturated carbocycles. The van der Waals surface area contributed by atoms with E-state index in [2.05, 4.69) is 11.9 Å². The van der Waals surface area contributed by atoms with Gasteiger partial charge in [-0.2, -0.15) is 0 Å². The van der Waals surface area contributed by atoms with Gasteiger partial charge in [-0.3, -0.25) is 14.4 Å². The van der Waals surface area contributed by atoms with Gasteiger partial charge in [-0.25, -0.2) is 0 Å². The number of primary amides is 1. The zero-order valence-corrected chi connectivity index (χ0v) is 10.3. The maximum atomic E-state index is 11.3. The number of hydrogen-bond donors (Lipinski definition) is 3. The third kappa shape index (κ3) is 6.64. The van der Waals surface area contributed by atoms with E-state index < -0.39 is 29.9 Å². The molecule has 7 heteroatoms. The monoisotopic (exact) mass is 257 g/mol. The highest BCUT2D eigenvalue weighted by molar-refractivity contribution is 5.89. The third-order valence-corrected chi connectivity index (χ3v) is 2.07. The summed E-state index contributed by atoms with van der Waals surface area (Å²) in [6.45, 7) is 4.97. The highest BCUT2D eigenvalue weighted by Gasteiger charge is 2.21. The van der Waals surface area contributed by atoms with Gasteiger partial charge in [-0.1, -0.05) is 12.7 Å². The molecule has 0 spiro atoms. The van der Waals surface area contributed by atoms with Crippen molar-refractivity contribution in [3.63, 3.8) is 0 Å². The molecule has 0 aliphatic rings. The molecule has 0 aliphatic heterocycles. The molecule has 0 aliphatic carbocycles. The fourth-order valence-electron chi connectivity index (χ4n) is 1.07. The first-order valence-electron chi connectivity index (χ1n) is 5.50. The smallest absolute Gasteiger partial charge is 0.306 e. The van der Waals surface area contributed by atoms with Gasteiger partial charge < -0.3 is 21.5 Å². The number of ether oxygens (including phenoxy) is 1. The van der Waals surface area contributed by atoms with Gasteiger partial charge >= 0.3 is 5.97 Å². The van der Waals surface area contributed by atoms with Crippen molar-refractivity contribution in [1.29, 1.82) is 0 Å². The van der Waals surface area contributed by atoms with Gasteiger partial charge in [0.05, 0.1) is 6.04 Å². The van der Waals surface area contributed by atoms with Crippen LogP contribution in [0, 0.1) is 0 Å². The van der Waals surface area contributed by atoms with Crippen LogP contribution in [0.15, 0.2) is 12.7 Å². The normalized spacial score (nSPS) is 13.2. The minimum atomic E-state index is -0.931. The Hall–Kier alpha value is -1.89. The van der Waals surface area contributed by atoms with Crippen molar-refractivity contribution >= 4 is 17.8 Å². The van der Waals surface area contributed by atoms with Gasteiger partial charge in [0.25, 0.3) is 0 Å². The maximum Gasteiger partial charge on any atom is 0.306 e. The Bertz CT molecular complexity index is 328. The van der Waals surface area contributed by atoms with Crippen molar-refractivity contribution in [3.05, 3.63) is 12.7 Å².